The molecule has 0 fully saturated rings. The average molecular weight is 222 g/mol. The molecule has 2 aromatic rings. The lowest BCUT2D eigenvalue weighted by Gasteiger charge is -2.03. The van der Waals surface area contributed by atoms with Gasteiger partial charge in [0.05, 0.1) is 0 Å². The molecule has 1 aromatic heterocycles. The second-order valence-corrected chi connectivity index (χ2v) is 3.97. The Kier molecular flexibility index (Phi) is 2.45. The molecule has 0 spiro atoms. The van der Waals surface area contributed by atoms with E-state index < -0.39 is 0 Å². The van der Waals surface area contributed by atoms with Crippen molar-refractivity contribution in [3.05, 3.63) is 40.8 Å². The van der Waals surface area contributed by atoms with E-state index in [1.807, 2.05) is 26.0 Å². The minimum absolute atomic E-state index is 0.688. The standard InChI is InChI=1S/C12H12ClNO/c1-7-5-10(8(2)15-7)11-6-9(14)3-4-12(11)13/h3-6H,14H2,1-2H3. The fraction of sp³-hybridized carbons (Fsp3) is 0.167. The van der Waals surface area contributed by atoms with Gasteiger partial charge in [-0.05, 0) is 38.1 Å². The summed E-state index contributed by atoms with van der Waals surface area (Å²) in [5.41, 5.74) is 8.36. The van der Waals surface area contributed by atoms with E-state index in [9.17, 15) is 0 Å². The molecule has 0 atom stereocenters. The van der Waals surface area contributed by atoms with Crippen LogP contribution in [0.2, 0.25) is 5.02 Å². The van der Waals surface area contributed by atoms with Gasteiger partial charge in [0.15, 0.2) is 0 Å². The quantitative estimate of drug-likeness (QED) is 0.744. The summed E-state index contributed by atoms with van der Waals surface area (Å²) in [6, 6.07) is 7.41. The number of halogens is 1. The smallest absolute Gasteiger partial charge is 0.108 e. The van der Waals surface area contributed by atoms with Crippen molar-refractivity contribution in [3.63, 3.8) is 0 Å². The van der Waals surface area contributed by atoms with Crippen LogP contribution in [0.1, 0.15) is 11.5 Å². The molecule has 2 N–H and O–H groups in total. The Morgan fingerprint density at radius 1 is 1.13 bits per heavy atom. The van der Waals surface area contributed by atoms with E-state index in [1.54, 1.807) is 12.1 Å². The van der Waals surface area contributed by atoms with E-state index in [1.165, 1.54) is 0 Å². The fourth-order valence-corrected chi connectivity index (χ4v) is 1.87. The normalized spacial score (nSPS) is 10.6. The van der Waals surface area contributed by atoms with E-state index in [0.29, 0.717) is 10.7 Å². The van der Waals surface area contributed by atoms with Gasteiger partial charge >= 0.3 is 0 Å². The molecule has 15 heavy (non-hydrogen) atoms. The zero-order valence-corrected chi connectivity index (χ0v) is 9.43. The van der Waals surface area contributed by atoms with Gasteiger partial charge in [-0.1, -0.05) is 11.6 Å². The third kappa shape index (κ3) is 1.85. The lowest BCUT2D eigenvalue weighted by atomic mass is 10.1. The number of hydrogen-bond acceptors (Lipinski definition) is 2. The number of benzene rings is 1. The molecule has 1 aromatic carbocycles. The van der Waals surface area contributed by atoms with Crippen molar-refractivity contribution in [3.8, 4) is 11.1 Å². The molecule has 3 heteroatoms. The second-order valence-electron chi connectivity index (χ2n) is 3.57. The summed E-state index contributed by atoms with van der Waals surface area (Å²) in [4.78, 5) is 0. The summed E-state index contributed by atoms with van der Waals surface area (Å²) >= 11 is 6.11. The Hall–Kier alpha value is -1.41. The van der Waals surface area contributed by atoms with Gasteiger partial charge in [0.2, 0.25) is 0 Å². The number of anilines is 1. The Bertz CT molecular complexity index is 502. The first-order valence-corrected chi connectivity index (χ1v) is 5.08. The van der Waals surface area contributed by atoms with Gasteiger partial charge in [-0.25, -0.2) is 0 Å². The molecular formula is C12H12ClNO. The van der Waals surface area contributed by atoms with Gasteiger partial charge in [0.1, 0.15) is 11.5 Å². The number of rotatable bonds is 1. The minimum Gasteiger partial charge on any atom is -0.466 e. The predicted octanol–water partition coefficient (Wildman–Crippen LogP) is 3.80. The van der Waals surface area contributed by atoms with Gasteiger partial charge < -0.3 is 10.2 Å². The Morgan fingerprint density at radius 2 is 1.87 bits per heavy atom. The van der Waals surface area contributed by atoms with Crippen LogP contribution in [0.4, 0.5) is 5.69 Å². The van der Waals surface area contributed by atoms with Gasteiger partial charge in [-0.2, -0.15) is 0 Å². The van der Waals surface area contributed by atoms with Crippen LogP contribution < -0.4 is 5.73 Å². The van der Waals surface area contributed by atoms with Gasteiger partial charge in [0, 0.05) is 21.8 Å². The number of nitrogen functional groups attached to an aromatic ring is 1. The maximum absolute atomic E-state index is 6.11. The first kappa shape index (κ1) is 10.1. The summed E-state index contributed by atoms with van der Waals surface area (Å²) in [5, 5.41) is 0.688. The minimum atomic E-state index is 0.688. The zero-order chi connectivity index (χ0) is 11.0. The second kappa shape index (κ2) is 3.63. The van der Waals surface area contributed by atoms with Crippen LogP contribution in [0.25, 0.3) is 11.1 Å². The van der Waals surface area contributed by atoms with E-state index >= 15 is 0 Å². The van der Waals surface area contributed by atoms with E-state index in [-0.39, 0.29) is 0 Å². The van der Waals surface area contributed by atoms with Crippen LogP contribution in [-0.2, 0) is 0 Å². The van der Waals surface area contributed by atoms with E-state index in [4.69, 9.17) is 21.8 Å². The Morgan fingerprint density at radius 3 is 2.47 bits per heavy atom. The molecule has 0 aliphatic carbocycles. The molecule has 0 radical (unpaired) electrons. The highest BCUT2D eigenvalue weighted by atomic mass is 35.5. The molecule has 0 unspecified atom stereocenters. The topological polar surface area (TPSA) is 39.2 Å². The number of nitrogens with two attached hydrogens (primary N) is 1. The first-order chi connectivity index (χ1) is 7.08. The Labute approximate surface area is 93.7 Å². The van der Waals surface area contributed by atoms with Gasteiger partial charge in [-0.15, -0.1) is 0 Å². The molecule has 0 saturated heterocycles. The van der Waals surface area contributed by atoms with Crippen molar-refractivity contribution in [2.45, 2.75) is 13.8 Å². The molecule has 0 aliphatic heterocycles. The van der Waals surface area contributed by atoms with Crippen molar-refractivity contribution < 1.29 is 4.42 Å². The molecule has 0 bridgehead atoms. The van der Waals surface area contributed by atoms with E-state index in [0.717, 1.165) is 22.6 Å². The third-order valence-electron chi connectivity index (χ3n) is 2.32. The lowest BCUT2D eigenvalue weighted by molar-refractivity contribution is 0.505. The average Bonchev–Trinajstić information content (AvgIpc) is 2.50. The largest absolute Gasteiger partial charge is 0.466 e. The van der Waals surface area contributed by atoms with Crippen LogP contribution in [0, 0.1) is 13.8 Å². The maximum Gasteiger partial charge on any atom is 0.108 e. The molecule has 0 amide bonds. The van der Waals surface area contributed by atoms with Gasteiger partial charge in [0.25, 0.3) is 0 Å². The first-order valence-electron chi connectivity index (χ1n) is 4.70. The van der Waals surface area contributed by atoms with E-state index in [2.05, 4.69) is 0 Å². The number of aryl methyl sites for hydroxylation is 2. The van der Waals surface area contributed by atoms with Gasteiger partial charge in [-0.3, -0.25) is 0 Å². The highest BCUT2D eigenvalue weighted by molar-refractivity contribution is 6.33. The molecular weight excluding hydrogens is 210 g/mol. The maximum atomic E-state index is 6.11. The van der Waals surface area contributed by atoms with Crippen LogP contribution in [-0.4, -0.2) is 0 Å². The zero-order valence-electron chi connectivity index (χ0n) is 8.67. The molecule has 78 valence electrons. The molecule has 2 rings (SSSR count). The third-order valence-corrected chi connectivity index (χ3v) is 2.65. The van der Waals surface area contributed by atoms with Crippen LogP contribution >= 0.6 is 11.6 Å². The predicted molar refractivity (Wildman–Crippen MR) is 63.0 cm³/mol. The highest BCUT2D eigenvalue weighted by Gasteiger charge is 2.10. The monoisotopic (exact) mass is 221 g/mol. The number of furan rings is 1. The van der Waals surface area contributed by atoms with Crippen molar-refractivity contribution in [1.82, 2.24) is 0 Å². The summed E-state index contributed by atoms with van der Waals surface area (Å²) in [7, 11) is 0. The highest BCUT2D eigenvalue weighted by Crippen LogP contribution is 2.33. The van der Waals surface area contributed by atoms with Crippen molar-refractivity contribution in [1.29, 1.82) is 0 Å². The molecule has 1 heterocycles. The molecule has 0 saturated carbocycles. The summed E-state index contributed by atoms with van der Waals surface area (Å²) < 4.78 is 5.46. The molecule has 2 nitrogen and oxygen atoms in total. The summed E-state index contributed by atoms with van der Waals surface area (Å²) in [6.45, 7) is 3.83. The molecule has 0 aliphatic rings. The van der Waals surface area contributed by atoms with Crippen LogP contribution in [0.5, 0.6) is 0 Å². The SMILES string of the molecule is Cc1cc(-c2cc(N)ccc2Cl)c(C)o1. The summed E-state index contributed by atoms with van der Waals surface area (Å²) in [5.74, 6) is 1.74. The van der Waals surface area contributed by atoms with Crippen molar-refractivity contribution in [2.75, 3.05) is 5.73 Å². The van der Waals surface area contributed by atoms with Crippen LogP contribution in [0.3, 0.4) is 0 Å². The van der Waals surface area contributed by atoms with Crippen LogP contribution in [0.15, 0.2) is 28.7 Å². The summed E-state index contributed by atoms with van der Waals surface area (Å²) in [6.07, 6.45) is 0. The van der Waals surface area contributed by atoms with Crippen molar-refractivity contribution in [2.24, 2.45) is 0 Å². The number of hydrogen-bond donors (Lipinski definition) is 1. The Balaban J connectivity index is 2.62. The fourth-order valence-electron chi connectivity index (χ4n) is 1.65. The lowest BCUT2D eigenvalue weighted by Crippen LogP contribution is -1.86. The van der Waals surface area contributed by atoms with Crippen molar-refractivity contribution >= 4 is 17.3 Å².